The van der Waals surface area contributed by atoms with Crippen LogP contribution in [-0.2, 0) is 4.74 Å². The molecule has 1 aliphatic rings. The molecule has 0 N–H and O–H groups in total. The topological polar surface area (TPSA) is 36.3 Å². The molecule has 2 nitrogen and oxygen atoms in total. The molecule has 0 saturated carbocycles. The fourth-order valence-electron chi connectivity index (χ4n) is 1.28. The van der Waals surface area contributed by atoms with Crippen LogP contribution >= 0.6 is 0 Å². The van der Waals surface area contributed by atoms with Gasteiger partial charge in [-0.2, -0.15) is 5.26 Å². The summed E-state index contributed by atoms with van der Waals surface area (Å²) in [6.45, 7) is 6.18. The fourth-order valence-corrected chi connectivity index (χ4v) is 1.28. The summed E-state index contributed by atoms with van der Waals surface area (Å²) < 4.78 is 5.42. The third-order valence-corrected chi connectivity index (χ3v) is 2.28. The molecule has 1 rings (SSSR count). The summed E-state index contributed by atoms with van der Waals surface area (Å²) in [6.07, 6.45) is 4.02. The minimum atomic E-state index is 0.0902. The summed E-state index contributed by atoms with van der Waals surface area (Å²) in [5, 5.41) is 8.36. The lowest BCUT2D eigenvalue weighted by atomic mass is 10.0. The van der Waals surface area contributed by atoms with Crippen molar-refractivity contribution in [1.29, 1.82) is 5.26 Å². The van der Waals surface area contributed by atoms with Gasteiger partial charge in [-0.1, -0.05) is 5.57 Å². The maximum atomic E-state index is 8.36. The van der Waals surface area contributed by atoms with E-state index in [9.17, 15) is 0 Å². The van der Waals surface area contributed by atoms with Crippen molar-refractivity contribution in [3.63, 3.8) is 0 Å². The molecule has 1 atom stereocenters. The molecule has 0 aromatic carbocycles. The van der Waals surface area contributed by atoms with Crippen molar-refractivity contribution in [2.24, 2.45) is 0 Å². The minimum absolute atomic E-state index is 0.0902. The summed E-state index contributed by atoms with van der Waals surface area (Å²) in [5.41, 5.74) is 1.23. The van der Waals surface area contributed by atoms with Crippen molar-refractivity contribution in [3.8, 4) is 6.07 Å². The van der Waals surface area contributed by atoms with Gasteiger partial charge >= 0.3 is 0 Å². The number of rotatable bonds is 3. The number of hydrogen-bond donors (Lipinski definition) is 0. The number of ether oxygens (including phenoxy) is 1. The molecule has 0 radical (unpaired) electrons. The number of epoxide rings is 1. The van der Waals surface area contributed by atoms with E-state index in [-0.39, 0.29) is 5.60 Å². The van der Waals surface area contributed by atoms with Crippen molar-refractivity contribution in [2.75, 3.05) is 0 Å². The second-order valence-electron chi connectivity index (χ2n) is 3.87. The molecular weight excluding hydrogens is 150 g/mol. The molecule has 12 heavy (non-hydrogen) atoms. The lowest BCUT2D eigenvalue weighted by Gasteiger charge is -1.97. The van der Waals surface area contributed by atoms with Crippen LogP contribution in [0.25, 0.3) is 0 Å². The van der Waals surface area contributed by atoms with Gasteiger partial charge in [0.25, 0.3) is 0 Å². The highest BCUT2D eigenvalue weighted by atomic mass is 16.6. The van der Waals surface area contributed by atoms with Gasteiger partial charge in [0, 0.05) is 6.08 Å². The van der Waals surface area contributed by atoms with Crippen LogP contribution in [0.15, 0.2) is 11.6 Å². The van der Waals surface area contributed by atoms with Crippen molar-refractivity contribution < 1.29 is 4.74 Å². The van der Waals surface area contributed by atoms with Crippen molar-refractivity contribution in [3.05, 3.63) is 11.6 Å². The van der Waals surface area contributed by atoms with E-state index in [1.54, 1.807) is 6.08 Å². The Morgan fingerprint density at radius 3 is 2.67 bits per heavy atom. The Kier molecular flexibility index (Phi) is 2.54. The third kappa shape index (κ3) is 2.35. The molecule has 0 bridgehead atoms. The molecule has 1 unspecified atom stereocenters. The summed E-state index contributed by atoms with van der Waals surface area (Å²) in [6, 6.07) is 2.03. The molecule has 0 aromatic rings. The largest absolute Gasteiger partial charge is 0.367 e. The highest BCUT2D eigenvalue weighted by molar-refractivity contribution is 5.11. The Labute approximate surface area is 73.8 Å². The second kappa shape index (κ2) is 3.28. The predicted octanol–water partition coefficient (Wildman–Crippen LogP) is 2.41. The first-order valence-corrected chi connectivity index (χ1v) is 4.29. The molecule has 1 fully saturated rings. The molecule has 66 valence electrons. The molecular formula is C10H15NO. The van der Waals surface area contributed by atoms with E-state index in [1.807, 2.05) is 13.0 Å². The van der Waals surface area contributed by atoms with Gasteiger partial charge in [0.2, 0.25) is 0 Å². The van der Waals surface area contributed by atoms with Gasteiger partial charge in [0.15, 0.2) is 0 Å². The zero-order valence-corrected chi connectivity index (χ0v) is 7.92. The van der Waals surface area contributed by atoms with Crippen molar-refractivity contribution in [1.82, 2.24) is 0 Å². The summed E-state index contributed by atoms with van der Waals surface area (Å²) in [7, 11) is 0. The second-order valence-corrected chi connectivity index (χ2v) is 3.87. The maximum Gasteiger partial charge on any atom is 0.0911 e. The number of allylic oxidation sites excluding steroid dienone is 2. The van der Waals surface area contributed by atoms with Crippen LogP contribution in [0.3, 0.4) is 0 Å². The standard InChI is InChI=1S/C10H15NO/c1-8(6-7-11)4-5-9-10(2,3)12-9/h6,9H,4-5H2,1-3H3. The highest BCUT2D eigenvalue weighted by Crippen LogP contribution is 2.38. The van der Waals surface area contributed by atoms with Crippen molar-refractivity contribution >= 4 is 0 Å². The van der Waals surface area contributed by atoms with E-state index in [2.05, 4.69) is 13.8 Å². The molecule has 1 saturated heterocycles. The van der Waals surface area contributed by atoms with Gasteiger partial charge in [0.1, 0.15) is 0 Å². The first-order valence-electron chi connectivity index (χ1n) is 4.29. The van der Waals surface area contributed by atoms with Crippen LogP contribution < -0.4 is 0 Å². The van der Waals surface area contributed by atoms with Crippen molar-refractivity contribution in [2.45, 2.75) is 45.3 Å². The zero-order chi connectivity index (χ0) is 9.19. The normalized spacial score (nSPS) is 26.5. The van der Waals surface area contributed by atoms with Gasteiger partial charge in [-0.05, 0) is 33.6 Å². The first-order chi connectivity index (χ1) is 5.56. The minimum Gasteiger partial charge on any atom is -0.367 e. The Hall–Kier alpha value is -0.810. The van der Waals surface area contributed by atoms with Crippen LogP contribution in [0.4, 0.5) is 0 Å². The maximum absolute atomic E-state index is 8.36. The highest BCUT2D eigenvalue weighted by Gasteiger charge is 2.46. The lowest BCUT2D eigenvalue weighted by molar-refractivity contribution is 0.320. The summed E-state index contributed by atoms with van der Waals surface area (Å²) >= 11 is 0. The van der Waals surface area contributed by atoms with Crippen LogP contribution in [-0.4, -0.2) is 11.7 Å². The average molecular weight is 165 g/mol. The summed E-state index contributed by atoms with van der Waals surface area (Å²) in [4.78, 5) is 0. The zero-order valence-electron chi connectivity index (χ0n) is 7.92. The number of nitrogens with zero attached hydrogens (tertiary/aromatic N) is 1. The Morgan fingerprint density at radius 1 is 1.67 bits per heavy atom. The summed E-state index contributed by atoms with van der Waals surface area (Å²) in [5.74, 6) is 0. The molecule has 0 spiro atoms. The van der Waals surface area contributed by atoms with Crippen LogP contribution in [0.5, 0.6) is 0 Å². The third-order valence-electron chi connectivity index (χ3n) is 2.28. The van der Waals surface area contributed by atoms with Gasteiger partial charge in [-0.25, -0.2) is 0 Å². The predicted molar refractivity (Wildman–Crippen MR) is 47.6 cm³/mol. The molecule has 1 aliphatic heterocycles. The monoisotopic (exact) mass is 165 g/mol. The van der Waals surface area contributed by atoms with E-state index in [4.69, 9.17) is 10.00 Å². The fraction of sp³-hybridized carbons (Fsp3) is 0.700. The molecule has 2 heteroatoms. The SMILES string of the molecule is CC(=CC#N)CCC1OC1(C)C. The molecule has 0 amide bonds. The smallest absolute Gasteiger partial charge is 0.0911 e. The van der Waals surface area contributed by atoms with Crippen LogP contribution in [0.1, 0.15) is 33.6 Å². The average Bonchev–Trinajstić information content (AvgIpc) is 2.56. The number of hydrogen-bond acceptors (Lipinski definition) is 2. The van der Waals surface area contributed by atoms with E-state index >= 15 is 0 Å². The van der Waals surface area contributed by atoms with Gasteiger partial charge in [0.05, 0.1) is 17.8 Å². The Balaban J connectivity index is 2.21. The number of nitriles is 1. The quantitative estimate of drug-likeness (QED) is 0.475. The van der Waals surface area contributed by atoms with Gasteiger partial charge < -0.3 is 4.74 Å². The van der Waals surface area contributed by atoms with E-state index in [1.165, 1.54) is 0 Å². The molecule has 0 aliphatic carbocycles. The van der Waals surface area contributed by atoms with Gasteiger partial charge in [-0.3, -0.25) is 0 Å². The van der Waals surface area contributed by atoms with Crippen LogP contribution in [0.2, 0.25) is 0 Å². The Morgan fingerprint density at radius 2 is 2.25 bits per heavy atom. The van der Waals surface area contributed by atoms with E-state index < -0.39 is 0 Å². The molecule has 1 heterocycles. The van der Waals surface area contributed by atoms with Crippen LogP contribution in [0, 0.1) is 11.3 Å². The lowest BCUT2D eigenvalue weighted by Crippen LogP contribution is -2.02. The van der Waals surface area contributed by atoms with Gasteiger partial charge in [-0.15, -0.1) is 0 Å². The van der Waals surface area contributed by atoms with E-state index in [0.29, 0.717) is 6.10 Å². The first kappa shape index (κ1) is 9.28. The Bertz CT molecular complexity index is 235. The van der Waals surface area contributed by atoms with E-state index in [0.717, 1.165) is 18.4 Å². The molecule has 0 aromatic heterocycles.